The van der Waals surface area contributed by atoms with Crippen LogP contribution in [0, 0.1) is 18.8 Å². The highest BCUT2D eigenvalue weighted by Gasteiger charge is 2.30. The van der Waals surface area contributed by atoms with Gasteiger partial charge in [0, 0.05) is 36.6 Å². The molecule has 0 radical (unpaired) electrons. The van der Waals surface area contributed by atoms with Crippen LogP contribution in [0.1, 0.15) is 31.6 Å². The van der Waals surface area contributed by atoms with E-state index in [9.17, 15) is 9.90 Å². The van der Waals surface area contributed by atoms with Gasteiger partial charge in [-0.2, -0.15) is 0 Å². The number of carbonyl (C=O) groups excluding carboxylic acids is 1. The molecule has 4 rings (SSSR count). The molecule has 2 unspecified atom stereocenters. The van der Waals surface area contributed by atoms with Crippen molar-refractivity contribution in [3.63, 3.8) is 0 Å². The largest absolute Gasteiger partial charge is 0.441 e. The lowest BCUT2D eigenvalue weighted by molar-refractivity contribution is -0.123. The van der Waals surface area contributed by atoms with Gasteiger partial charge in [0.25, 0.3) is 0 Å². The molecule has 3 aromatic rings. The summed E-state index contributed by atoms with van der Waals surface area (Å²) in [5.74, 6) is 1.71. The van der Waals surface area contributed by atoms with E-state index in [1.165, 1.54) is 0 Å². The Kier molecular flexibility index (Phi) is 4.90. The minimum atomic E-state index is -0.148. The number of fused-ring (bicyclic) bond motifs is 1. The van der Waals surface area contributed by atoms with Crippen LogP contribution in [-0.4, -0.2) is 27.6 Å². The van der Waals surface area contributed by atoms with Crippen LogP contribution in [0.4, 0.5) is 5.82 Å². The van der Waals surface area contributed by atoms with Crippen molar-refractivity contribution >= 4 is 22.5 Å². The van der Waals surface area contributed by atoms with Crippen LogP contribution in [0.25, 0.3) is 22.1 Å². The van der Waals surface area contributed by atoms with Gasteiger partial charge in [-0.3, -0.25) is 4.79 Å². The fraction of sp³-hybridized carbons (Fsp3) is 0.381. The highest BCUT2D eigenvalue weighted by atomic mass is 16.4. The number of anilines is 1. The average Bonchev–Trinajstić information content (AvgIpc) is 3.13. The van der Waals surface area contributed by atoms with E-state index in [0.29, 0.717) is 17.5 Å². The summed E-state index contributed by atoms with van der Waals surface area (Å²) in [6.45, 7) is 1.87. The second kappa shape index (κ2) is 7.48. The van der Waals surface area contributed by atoms with Crippen molar-refractivity contribution in [2.75, 3.05) is 11.9 Å². The Hall–Kier alpha value is -2.73. The number of benzene rings is 1. The number of oxazole rings is 1. The van der Waals surface area contributed by atoms with Crippen molar-refractivity contribution in [2.45, 2.75) is 32.6 Å². The third-order valence-electron chi connectivity index (χ3n) is 5.36. The summed E-state index contributed by atoms with van der Waals surface area (Å²) < 4.78 is 5.60. The predicted molar refractivity (Wildman–Crippen MR) is 103 cm³/mol. The molecular weight excluding hydrogens is 342 g/mol. The van der Waals surface area contributed by atoms with Gasteiger partial charge in [-0.05, 0) is 36.3 Å². The summed E-state index contributed by atoms with van der Waals surface area (Å²) in [5, 5.41) is 14.4. The number of nitrogens with zero attached hydrogens (tertiary/aromatic N) is 2. The molecular formula is C21H23N3O3. The molecule has 1 aromatic carbocycles. The fourth-order valence-electron chi connectivity index (χ4n) is 3.85. The number of hydrogen-bond acceptors (Lipinski definition) is 5. The fourth-order valence-corrected chi connectivity index (χ4v) is 3.85. The summed E-state index contributed by atoms with van der Waals surface area (Å²) in [4.78, 5) is 21.2. The Morgan fingerprint density at radius 2 is 2.04 bits per heavy atom. The van der Waals surface area contributed by atoms with Crippen molar-refractivity contribution in [3.05, 3.63) is 42.5 Å². The first-order chi connectivity index (χ1) is 13.1. The molecule has 2 heterocycles. The van der Waals surface area contributed by atoms with Crippen LogP contribution in [-0.2, 0) is 4.79 Å². The van der Waals surface area contributed by atoms with Gasteiger partial charge in [0.2, 0.25) is 5.91 Å². The Balaban J connectivity index is 1.57. The molecule has 0 saturated heterocycles. The summed E-state index contributed by atoms with van der Waals surface area (Å²) in [6.07, 6.45) is 7.29. The molecule has 6 heteroatoms. The van der Waals surface area contributed by atoms with Gasteiger partial charge in [0.1, 0.15) is 5.82 Å². The molecule has 2 N–H and O–H groups in total. The lowest BCUT2D eigenvalue weighted by Crippen LogP contribution is -2.33. The number of aliphatic hydroxyl groups is 1. The Bertz CT molecular complexity index is 966. The summed E-state index contributed by atoms with van der Waals surface area (Å²) in [7, 11) is 0. The zero-order valence-corrected chi connectivity index (χ0v) is 15.3. The van der Waals surface area contributed by atoms with Crippen molar-refractivity contribution in [3.8, 4) is 11.3 Å². The molecule has 2 aromatic heterocycles. The molecule has 6 nitrogen and oxygen atoms in total. The van der Waals surface area contributed by atoms with Crippen LogP contribution in [0.3, 0.4) is 0 Å². The monoisotopic (exact) mass is 365 g/mol. The molecule has 0 spiro atoms. The molecule has 140 valence electrons. The minimum Gasteiger partial charge on any atom is -0.441 e. The molecule has 1 fully saturated rings. The van der Waals surface area contributed by atoms with E-state index >= 15 is 0 Å². The zero-order chi connectivity index (χ0) is 18.8. The van der Waals surface area contributed by atoms with Gasteiger partial charge in [0.15, 0.2) is 11.7 Å². The second-order valence-corrected chi connectivity index (χ2v) is 7.20. The Labute approximate surface area is 157 Å². The van der Waals surface area contributed by atoms with Gasteiger partial charge < -0.3 is 14.8 Å². The number of pyridine rings is 1. The number of carbonyl (C=O) groups is 1. The van der Waals surface area contributed by atoms with E-state index in [1.807, 2.05) is 31.2 Å². The van der Waals surface area contributed by atoms with E-state index in [2.05, 4.69) is 15.3 Å². The van der Waals surface area contributed by atoms with E-state index < -0.39 is 0 Å². The standard InChI is InChI=1S/C21H23N3O3/c1-13-22-11-19(27-13)14-6-7-15-10-23-20(9-17(15)8-14)24-21(26)18-5-3-2-4-16(18)12-25/h6-11,16,18,25H,2-5,12H2,1H3,(H,23,24,26). The van der Waals surface area contributed by atoms with Gasteiger partial charge in [-0.25, -0.2) is 9.97 Å². The number of amides is 1. The molecule has 0 bridgehead atoms. The van der Waals surface area contributed by atoms with E-state index in [1.54, 1.807) is 12.4 Å². The van der Waals surface area contributed by atoms with E-state index in [-0.39, 0.29) is 24.3 Å². The molecule has 0 aliphatic heterocycles. The first-order valence-electron chi connectivity index (χ1n) is 9.38. The molecule has 1 aliphatic carbocycles. The summed E-state index contributed by atoms with van der Waals surface area (Å²) >= 11 is 0. The maximum atomic E-state index is 12.7. The number of nitrogens with one attached hydrogen (secondary N) is 1. The van der Waals surface area contributed by atoms with E-state index in [4.69, 9.17) is 4.42 Å². The van der Waals surface area contributed by atoms with Crippen LogP contribution < -0.4 is 5.32 Å². The second-order valence-electron chi connectivity index (χ2n) is 7.20. The minimum absolute atomic E-state index is 0.0421. The molecule has 2 atom stereocenters. The lowest BCUT2D eigenvalue weighted by Gasteiger charge is -2.28. The van der Waals surface area contributed by atoms with Crippen LogP contribution in [0.5, 0.6) is 0 Å². The first-order valence-corrected chi connectivity index (χ1v) is 9.38. The average molecular weight is 365 g/mol. The summed E-state index contributed by atoms with van der Waals surface area (Å²) in [5.41, 5.74) is 0.930. The van der Waals surface area contributed by atoms with Crippen molar-refractivity contribution in [1.82, 2.24) is 9.97 Å². The third kappa shape index (κ3) is 3.71. The van der Waals surface area contributed by atoms with Crippen LogP contribution in [0.15, 0.2) is 41.1 Å². The third-order valence-corrected chi connectivity index (χ3v) is 5.36. The number of rotatable bonds is 4. The van der Waals surface area contributed by atoms with Gasteiger partial charge in [-0.1, -0.05) is 25.0 Å². The zero-order valence-electron chi connectivity index (χ0n) is 15.3. The van der Waals surface area contributed by atoms with Gasteiger partial charge >= 0.3 is 0 Å². The van der Waals surface area contributed by atoms with E-state index in [0.717, 1.165) is 42.0 Å². The Morgan fingerprint density at radius 3 is 2.81 bits per heavy atom. The first kappa shape index (κ1) is 17.7. The number of aromatic nitrogens is 2. The van der Waals surface area contributed by atoms with Crippen molar-refractivity contribution in [1.29, 1.82) is 0 Å². The predicted octanol–water partition coefficient (Wildman–Crippen LogP) is 3.94. The molecule has 1 amide bonds. The smallest absolute Gasteiger partial charge is 0.229 e. The maximum absolute atomic E-state index is 12.7. The normalized spacial score (nSPS) is 19.9. The summed E-state index contributed by atoms with van der Waals surface area (Å²) in [6, 6.07) is 7.82. The molecule has 1 saturated carbocycles. The van der Waals surface area contributed by atoms with Crippen LogP contribution >= 0.6 is 0 Å². The molecule has 1 aliphatic rings. The highest BCUT2D eigenvalue weighted by Crippen LogP contribution is 2.31. The number of hydrogen-bond donors (Lipinski definition) is 2. The molecule has 27 heavy (non-hydrogen) atoms. The van der Waals surface area contributed by atoms with Gasteiger partial charge in [-0.15, -0.1) is 0 Å². The van der Waals surface area contributed by atoms with Crippen molar-refractivity contribution in [2.24, 2.45) is 11.8 Å². The maximum Gasteiger partial charge on any atom is 0.229 e. The lowest BCUT2D eigenvalue weighted by atomic mass is 9.79. The van der Waals surface area contributed by atoms with Gasteiger partial charge in [0.05, 0.1) is 6.20 Å². The number of aryl methyl sites for hydroxylation is 1. The SMILES string of the molecule is Cc1ncc(-c2ccc3cnc(NC(=O)C4CCCCC4CO)cc3c2)o1. The highest BCUT2D eigenvalue weighted by molar-refractivity contribution is 5.95. The quantitative estimate of drug-likeness (QED) is 0.731. The Morgan fingerprint density at radius 1 is 1.19 bits per heavy atom. The van der Waals surface area contributed by atoms with Crippen molar-refractivity contribution < 1.29 is 14.3 Å². The van der Waals surface area contributed by atoms with Crippen LogP contribution in [0.2, 0.25) is 0 Å². The number of aliphatic hydroxyl groups excluding tert-OH is 1. The topological polar surface area (TPSA) is 88.2 Å².